The summed E-state index contributed by atoms with van der Waals surface area (Å²) in [5.41, 5.74) is 13.8. The fourth-order valence-corrected chi connectivity index (χ4v) is 7.32. The average molecular weight is 681 g/mol. The number of para-hydroxylation sites is 2. The number of furan rings is 1. The molecule has 0 fully saturated rings. The average Bonchev–Trinajstić information content (AvgIpc) is 3.83. The largest absolute Gasteiger partial charge is 0.455 e. The van der Waals surface area contributed by atoms with Crippen molar-refractivity contribution in [3.63, 3.8) is 0 Å². The van der Waals surface area contributed by atoms with Crippen LogP contribution in [0.25, 0.3) is 77.9 Å². The van der Waals surface area contributed by atoms with E-state index in [4.69, 9.17) is 13.8 Å². The molecule has 0 spiro atoms. The Kier molecular flexibility index (Phi) is 7.43. The smallest absolute Gasteiger partial charge is 0.227 e. The van der Waals surface area contributed by atoms with Crippen molar-refractivity contribution in [2.24, 2.45) is 0 Å². The summed E-state index contributed by atoms with van der Waals surface area (Å²) in [7, 11) is 0. The van der Waals surface area contributed by atoms with Gasteiger partial charge in [0.1, 0.15) is 16.7 Å². The third-order valence-corrected chi connectivity index (χ3v) is 9.90. The molecular formula is C49H32N2O2. The van der Waals surface area contributed by atoms with Crippen molar-refractivity contribution in [3.05, 3.63) is 194 Å². The highest BCUT2D eigenvalue weighted by molar-refractivity contribution is 6.16. The van der Waals surface area contributed by atoms with Crippen LogP contribution in [0.1, 0.15) is 0 Å². The standard InChI is InChI=1S/C49H32N2O2/c1-4-13-33(14-5-1)34-23-25-35(26-24-34)38-17-12-20-41(31-38)51(39-18-8-3-9-19-39)40-29-27-36(28-30-40)46-47-43(42-21-10-11-22-45(42)52-47)32-44-48(46)53-49(50-44)37-15-6-2-7-16-37/h1-32H. The summed E-state index contributed by atoms with van der Waals surface area (Å²) in [5.74, 6) is 0.584. The van der Waals surface area contributed by atoms with Crippen LogP contribution in [0.4, 0.5) is 17.1 Å². The molecule has 8 aromatic carbocycles. The Bertz CT molecular complexity index is 2860. The molecule has 0 saturated heterocycles. The van der Waals surface area contributed by atoms with Gasteiger partial charge in [0.2, 0.25) is 5.89 Å². The van der Waals surface area contributed by atoms with E-state index in [1.54, 1.807) is 0 Å². The predicted molar refractivity (Wildman–Crippen MR) is 218 cm³/mol. The number of rotatable bonds is 7. The van der Waals surface area contributed by atoms with Crippen molar-refractivity contribution < 1.29 is 8.83 Å². The molecule has 0 unspecified atom stereocenters. The molecule has 0 aliphatic carbocycles. The molecule has 10 rings (SSSR count). The summed E-state index contributed by atoms with van der Waals surface area (Å²) in [5, 5.41) is 2.07. The number of anilines is 3. The summed E-state index contributed by atoms with van der Waals surface area (Å²) in [6, 6.07) is 67.5. The molecule has 2 aromatic heterocycles. The molecule has 0 N–H and O–H groups in total. The van der Waals surface area contributed by atoms with Gasteiger partial charge in [-0.2, -0.15) is 0 Å². The van der Waals surface area contributed by atoms with E-state index in [9.17, 15) is 0 Å². The molecule has 10 aromatic rings. The Morgan fingerprint density at radius 2 is 0.906 bits per heavy atom. The van der Waals surface area contributed by atoms with Crippen LogP contribution in [0.15, 0.2) is 203 Å². The van der Waals surface area contributed by atoms with Gasteiger partial charge in [-0.1, -0.05) is 133 Å². The molecule has 250 valence electrons. The lowest BCUT2D eigenvalue weighted by molar-refractivity contribution is 0.619. The fraction of sp³-hybridized carbons (Fsp3) is 0. The van der Waals surface area contributed by atoms with Crippen LogP contribution in [0, 0.1) is 0 Å². The molecule has 0 radical (unpaired) electrons. The highest BCUT2D eigenvalue weighted by Gasteiger charge is 2.22. The molecule has 4 heteroatoms. The summed E-state index contributed by atoms with van der Waals surface area (Å²) >= 11 is 0. The van der Waals surface area contributed by atoms with Gasteiger partial charge in [0, 0.05) is 33.4 Å². The lowest BCUT2D eigenvalue weighted by Gasteiger charge is -2.26. The first-order chi connectivity index (χ1) is 26.3. The molecule has 53 heavy (non-hydrogen) atoms. The zero-order valence-corrected chi connectivity index (χ0v) is 28.7. The summed E-state index contributed by atoms with van der Waals surface area (Å²) in [6.45, 7) is 0. The molecule has 0 saturated carbocycles. The van der Waals surface area contributed by atoms with Gasteiger partial charge in [0.05, 0.1) is 5.56 Å². The van der Waals surface area contributed by atoms with E-state index in [0.717, 1.165) is 66.8 Å². The van der Waals surface area contributed by atoms with Crippen LogP contribution in [0.5, 0.6) is 0 Å². The Morgan fingerprint density at radius 1 is 0.358 bits per heavy atom. The minimum Gasteiger partial charge on any atom is -0.455 e. The van der Waals surface area contributed by atoms with E-state index in [2.05, 4.69) is 144 Å². The number of aromatic nitrogens is 1. The normalized spacial score (nSPS) is 11.4. The minimum atomic E-state index is 0.584. The van der Waals surface area contributed by atoms with Crippen molar-refractivity contribution in [2.45, 2.75) is 0 Å². The number of hydrogen-bond donors (Lipinski definition) is 0. The van der Waals surface area contributed by atoms with Gasteiger partial charge < -0.3 is 13.7 Å². The molecule has 0 amide bonds. The summed E-state index contributed by atoms with van der Waals surface area (Å²) in [4.78, 5) is 7.26. The third-order valence-electron chi connectivity index (χ3n) is 9.90. The molecule has 4 nitrogen and oxygen atoms in total. The van der Waals surface area contributed by atoms with E-state index in [1.165, 1.54) is 16.7 Å². The molecule has 0 aliphatic heterocycles. The van der Waals surface area contributed by atoms with Gasteiger partial charge in [-0.15, -0.1) is 0 Å². The van der Waals surface area contributed by atoms with Gasteiger partial charge in [0.15, 0.2) is 5.58 Å². The number of nitrogens with zero attached hydrogens (tertiary/aromatic N) is 2. The van der Waals surface area contributed by atoms with Crippen LogP contribution in [0.3, 0.4) is 0 Å². The predicted octanol–water partition coefficient (Wildman–Crippen LogP) is 13.9. The van der Waals surface area contributed by atoms with Gasteiger partial charge in [0.25, 0.3) is 0 Å². The van der Waals surface area contributed by atoms with Crippen molar-refractivity contribution >= 4 is 50.1 Å². The number of oxazole rings is 1. The first-order valence-corrected chi connectivity index (χ1v) is 17.8. The van der Waals surface area contributed by atoms with E-state index in [-0.39, 0.29) is 0 Å². The second kappa shape index (κ2) is 12.9. The summed E-state index contributed by atoms with van der Waals surface area (Å²) < 4.78 is 13.1. The van der Waals surface area contributed by atoms with Crippen molar-refractivity contribution in [1.29, 1.82) is 0 Å². The number of hydrogen-bond acceptors (Lipinski definition) is 4. The lowest BCUT2D eigenvalue weighted by atomic mass is 9.99. The minimum absolute atomic E-state index is 0.584. The maximum absolute atomic E-state index is 6.57. The van der Waals surface area contributed by atoms with Gasteiger partial charge >= 0.3 is 0 Å². The third kappa shape index (κ3) is 5.54. The molecule has 0 atom stereocenters. The van der Waals surface area contributed by atoms with Crippen LogP contribution >= 0.6 is 0 Å². The quantitative estimate of drug-likeness (QED) is 0.168. The molecular weight excluding hydrogens is 649 g/mol. The highest BCUT2D eigenvalue weighted by Crippen LogP contribution is 2.44. The number of benzene rings is 8. The monoisotopic (exact) mass is 680 g/mol. The van der Waals surface area contributed by atoms with Crippen molar-refractivity contribution in [2.75, 3.05) is 4.90 Å². The second-order valence-electron chi connectivity index (χ2n) is 13.2. The molecule has 0 bridgehead atoms. The van der Waals surface area contributed by atoms with Crippen LogP contribution in [-0.4, -0.2) is 4.98 Å². The zero-order valence-electron chi connectivity index (χ0n) is 28.7. The fourth-order valence-electron chi connectivity index (χ4n) is 7.32. The Hall–Kier alpha value is -7.17. The first kappa shape index (κ1) is 30.6. The molecule has 2 heterocycles. The topological polar surface area (TPSA) is 42.4 Å². The van der Waals surface area contributed by atoms with Crippen molar-refractivity contribution in [3.8, 4) is 44.8 Å². The number of fused-ring (bicyclic) bond motifs is 4. The zero-order chi connectivity index (χ0) is 35.1. The van der Waals surface area contributed by atoms with E-state index < -0.39 is 0 Å². The SMILES string of the molecule is c1ccc(-c2ccc(-c3cccc(N(c4ccccc4)c4ccc(-c5c6oc(-c7ccccc7)nc6cc6c5oc5ccccc56)cc4)c3)cc2)cc1. The maximum atomic E-state index is 6.57. The van der Waals surface area contributed by atoms with Gasteiger partial charge in [-0.3, -0.25) is 0 Å². The second-order valence-corrected chi connectivity index (χ2v) is 13.2. The van der Waals surface area contributed by atoms with Gasteiger partial charge in [-0.25, -0.2) is 4.98 Å². The van der Waals surface area contributed by atoms with E-state index in [0.29, 0.717) is 11.5 Å². The Morgan fingerprint density at radius 3 is 1.64 bits per heavy atom. The Labute approximate surface area is 306 Å². The van der Waals surface area contributed by atoms with Crippen LogP contribution in [-0.2, 0) is 0 Å². The molecule has 0 aliphatic rings. The Balaban J connectivity index is 1.08. The highest BCUT2D eigenvalue weighted by atomic mass is 16.4. The van der Waals surface area contributed by atoms with Gasteiger partial charge in [-0.05, 0) is 88.5 Å². The van der Waals surface area contributed by atoms with E-state index in [1.807, 2.05) is 54.6 Å². The van der Waals surface area contributed by atoms with Crippen molar-refractivity contribution in [1.82, 2.24) is 4.98 Å². The van der Waals surface area contributed by atoms with Crippen LogP contribution < -0.4 is 4.90 Å². The van der Waals surface area contributed by atoms with E-state index >= 15 is 0 Å². The first-order valence-electron chi connectivity index (χ1n) is 17.8. The van der Waals surface area contributed by atoms with Crippen LogP contribution in [0.2, 0.25) is 0 Å². The maximum Gasteiger partial charge on any atom is 0.227 e. The lowest BCUT2D eigenvalue weighted by Crippen LogP contribution is -2.09. The summed E-state index contributed by atoms with van der Waals surface area (Å²) in [6.07, 6.45) is 0.